The molecule has 0 atom stereocenters. The minimum atomic E-state index is -0.189. The molecule has 0 aromatic heterocycles. The summed E-state index contributed by atoms with van der Waals surface area (Å²) in [5.74, 6) is 0.561. The summed E-state index contributed by atoms with van der Waals surface area (Å²) in [6.45, 7) is 2.58. The Balaban J connectivity index is 1.89. The molecule has 0 radical (unpaired) electrons. The lowest BCUT2D eigenvalue weighted by Gasteiger charge is -2.11. The van der Waals surface area contributed by atoms with Crippen LogP contribution >= 0.6 is 35.0 Å². The number of carbonyl (C=O) groups excluding carboxylic acids is 2. The first-order valence-corrected chi connectivity index (χ1v) is 10.1. The lowest BCUT2D eigenvalue weighted by Crippen LogP contribution is -2.26. The zero-order valence-electron chi connectivity index (χ0n) is 14.4. The van der Waals surface area contributed by atoms with Gasteiger partial charge in [-0.2, -0.15) is 0 Å². The van der Waals surface area contributed by atoms with Crippen molar-refractivity contribution in [1.82, 2.24) is 5.32 Å². The van der Waals surface area contributed by atoms with Crippen LogP contribution < -0.4 is 10.6 Å². The maximum absolute atomic E-state index is 12.2. The Labute approximate surface area is 167 Å². The van der Waals surface area contributed by atoms with E-state index in [2.05, 4.69) is 10.6 Å². The van der Waals surface area contributed by atoms with E-state index in [0.29, 0.717) is 33.6 Å². The van der Waals surface area contributed by atoms with Gasteiger partial charge < -0.3 is 10.6 Å². The zero-order chi connectivity index (χ0) is 18.9. The summed E-state index contributed by atoms with van der Waals surface area (Å²) in [5.41, 5.74) is 1.97. The summed E-state index contributed by atoms with van der Waals surface area (Å²) in [4.78, 5) is 24.4. The molecule has 138 valence electrons. The second-order valence-electron chi connectivity index (χ2n) is 5.59. The van der Waals surface area contributed by atoms with Gasteiger partial charge in [0.15, 0.2) is 0 Å². The molecule has 0 fully saturated rings. The Hall–Kier alpha value is -1.69. The number of amides is 2. The Morgan fingerprint density at radius 2 is 1.85 bits per heavy atom. The molecule has 7 heteroatoms. The third-order valence-corrected chi connectivity index (χ3v) is 5.21. The fraction of sp³-hybridized carbons (Fsp3) is 0.263. The first-order valence-electron chi connectivity index (χ1n) is 8.20. The molecule has 0 saturated carbocycles. The number of benzene rings is 2. The molecular formula is C19H20Cl2N2O2S. The van der Waals surface area contributed by atoms with Crippen LogP contribution in [0.3, 0.4) is 0 Å². The number of nitrogens with one attached hydrogen (secondary N) is 2. The average Bonchev–Trinajstić information content (AvgIpc) is 2.63. The van der Waals surface area contributed by atoms with E-state index in [1.165, 1.54) is 11.8 Å². The molecule has 2 rings (SSSR count). The number of thioether (sulfide) groups is 1. The smallest absolute Gasteiger partial charge is 0.253 e. The van der Waals surface area contributed by atoms with Crippen molar-refractivity contribution >= 4 is 52.5 Å². The standard InChI is InChI=1S/C19H20Cl2N2O2S/c1-2-9-22-19(25)14-5-3-4-6-17(14)23-18(24)12-26-11-13-7-8-15(20)16(21)10-13/h3-8,10H,2,9,11-12H2,1H3,(H,22,25)(H,23,24). The lowest BCUT2D eigenvalue weighted by molar-refractivity contribution is -0.113. The second-order valence-corrected chi connectivity index (χ2v) is 7.39. The van der Waals surface area contributed by atoms with Gasteiger partial charge in [-0.1, -0.05) is 48.3 Å². The van der Waals surface area contributed by atoms with Gasteiger partial charge in [-0.15, -0.1) is 11.8 Å². The third kappa shape index (κ3) is 6.24. The highest BCUT2D eigenvalue weighted by atomic mass is 35.5. The maximum Gasteiger partial charge on any atom is 0.253 e. The third-order valence-electron chi connectivity index (χ3n) is 3.47. The van der Waals surface area contributed by atoms with E-state index in [0.717, 1.165) is 12.0 Å². The van der Waals surface area contributed by atoms with Crippen molar-refractivity contribution in [3.8, 4) is 0 Å². The van der Waals surface area contributed by atoms with Gasteiger partial charge in [0.2, 0.25) is 5.91 Å². The minimum absolute atomic E-state index is 0.161. The molecule has 0 aliphatic carbocycles. The first-order chi connectivity index (χ1) is 12.5. The number of halogens is 2. The largest absolute Gasteiger partial charge is 0.352 e. The van der Waals surface area contributed by atoms with Crippen molar-refractivity contribution < 1.29 is 9.59 Å². The van der Waals surface area contributed by atoms with E-state index >= 15 is 0 Å². The van der Waals surface area contributed by atoms with Gasteiger partial charge in [0.1, 0.15) is 0 Å². The molecule has 0 heterocycles. The molecule has 2 aromatic rings. The van der Waals surface area contributed by atoms with E-state index < -0.39 is 0 Å². The predicted molar refractivity (Wildman–Crippen MR) is 110 cm³/mol. The van der Waals surface area contributed by atoms with E-state index in [1.54, 1.807) is 36.4 Å². The van der Waals surface area contributed by atoms with Gasteiger partial charge in [0.05, 0.1) is 27.0 Å². The van der Waals surface area contributed by atoms with Gasteiger partial charge in [-0.25, -0.2) is 0 Å². The molecule has 0 aliphatic rings. The van der Waals surface area contributed by atoms with Gasteiger partial charge in [0, 0.05) is 12.3 Å². The SMILES string of the molecule is CCCNC(=O)c1ccccc1NC(=O)CSCc1ccc(Cl)c(Cl)c1. The van der Waals surface area contributed by atoms with Gasteiger partial charge >= 0.3 is 0 Å². The molecule has 26 heavy (non-hydrogen) atoms. The van der Waals surface area contributed by atoms with Crippen LogP contribution in [0.25, 0.3) is 0 Å². The van der Waals surface area contributed by atoms with Crippen LogP contribution in [0.15, 0.2) is 42.5 Å². The second kappa shape index (κ2) is 10.5. The van der Waals surface area contributed by atoms with Crippen LogP contribution in [-0.2, 0) is 10.5 Å². The Morgan fingerprint density at radius 3 is 2.58 bits per heavy atom. The maximum atomic E-state index is 12.2. The Bertz CT molecular complexity index is 784. The first kappa shape index (κ1) is 20.6. The van der Waals surface area contributed by atoms with Gasteiger partial charge in [-0.05, 0) is 36.2 Å². The highest BCUT2D eigenvalue weighted by molar-refractivity contribution is 7.99. The van der Waals surface area contributed by atoms with Crippen LogP contribution in [0, 0.1) is 0 Å². The fourth-order valence-corrected chi connectivity index (χ4v) is 3.30. The number of para-hydroxylation sites is 1. The van der Waals surface area contributed by atoms with Crippen molar-refractivity contribution in [2.24, 2.45) is 0 Å². The molecule has 0 aliphatic heterocycles. The molecule has 0 bridgehead atoms. The zero-order valence-corrected chi connectivity index (χ0v) is 16.7. The molecule has 4 nitrogen and oxygen atoms in total. The molecule has 0 spiro atoms. The molecule has 2 aromatic carbocycles. The summed E-state index contributed by atoms with van der Waals surface area (Å²) in [5, 5.41) is 6.64. The summed E-state index contributed by atoms with van der Waals surface area (Å²) < 4.78 is 0. The minimum Gasteiger partial charge on any atom is -0.352 e. The van der Waals surface area contributed by atoms with E-state index in [1.807, 2.05) is 13.0 Å². The van der Waals surface area contributed by atoms with Crippen molar-refractivity contribution in [2.45, 2.75) is 19.1 Å². The predicted octanol–water partition coefficient (Wildman–Crippen LogP) is 5.01. The quantitative estimate of drug-likeness (QED) is 0.643. The molecule has 0 saturated heterocycles. The van der Waals surface area contributed by atoms with Crippen molar-refractivity contribution in [1.29, 1.82) is 0 Å². The summed E-state index contributed by atoms with van der Waals surface area (Å²) in [6, 6.07) is 12.4. The number of hydrogen-bond acceptors (Lipinski definition) is 3. The van der Waals surface area contributed by atoms with Crippen LogP contribution in [0.4, 0.5) is 5.69 Å². The molecule has 2 N–H and O–H groups in total. The number of carbonyl (C=O) groups is 2. The van der Waals surface area contributed by atoms with Crippen LogP contribution in [-0.4, -0.2) is 24.1 Å². The van der Waals surface area contributed by atoms with Crippen LogP contribution in [0.2, 0.25) is 10.0 Å². The van der Waals surface area contributed by atoms with E-state index in [-0.39, 0.29) is 17.6 Å². The summed E-state index contributed by atoms with van der Waals surface area (Å²) in [7, 11) is 0. The number of rotatable bonds is 8. The Kier molecular flexibility index (Phi) is 8.29. The van der Waals surface area contributed by atoms with Crippen molar-refractivity contribution in [3.05, 3.63) is 63.6 Å². The highest BCUT2D eigenvalue weighted by Gasteiger charge is 2.12. The lowest BCUT2D eigenvalue weighted by atomic mass is 10.1. The molecular weight excluding hydrogens is 391 g/mol. The number of hydrogen-bond donors (Lipinski definition) is 2. The average molecular weight is 411 g/mol. The number of anilines is 1. The molecule has 2 amide bonds. The van der Waals surface area contributed by atoms with Crippen LogP contribution in [0.5, 0.6) is 0 Å². The summed E-state index contributed by atoms with van der Waals surface area (Å²) in [6.07, 6.45) is 0.853. The normalized spacial score (nSPS) is 10.4. The van der Waals surface area contributed by atoms with E-state index in [9.17, 15) is 9.59 Å². The highest BCUT2D eigenvalue weighted by Crippen LogP contribution is 2.24. The monoisotopic (exact) mass is 410 g/mol. The molecule has 0 unspecified atom stereocenters. The van der Waals surface area contributed by atoms with Crippen LogP contribution in [0.1, 0.15) is 29.3 Å². The summed E-state index contributed by atoms with van der Waals surface area (Å²) >= 11 is 13.3. The Morgan fingerprint density at radius 1 is 1.08 bits per heavy atom. The topological polar surface area (TPSA) is 58.2 Å². The van der Waals surface area contributed by atoms with E-state index in [4.69, 9.17) is 23.2 Å². The van der Waals surface area contributed by atoms with Gasteiger partial charge in [-0.3, -0.25) is 9.59 Å². The van der Waals surface area contributed by atoms with Crippen molar-refractivity contribution in [2.75, 3.05) is 17.6 Å². The fourth-order valence-electron chi connectivity index (χ4n) is 2.20. The van der Waals surface area contributed by atoms with Gasteiger partial charge in [0.25, 0.3) is 5.91 Å². The van der Waals surface area contributed by atoms with Crippen molar-refractivity contribution in [3.63, 3.8) is 0 Å².